The first kappa shape index (κ1) is 13.5. The van der Waals surface area contributed by atoms with Crippen LogP contribution in [0.3, 0.4) is 0 Å². The summed E-state index contributed by atoms with van der Waals surface area (Å²) in [5.74, 6) is 0.958. The van der Waals surface area contributed by atoms with Crippen LogP contribution in [0.15, 0.2) is 24.3 Å². The molecule has 0 radical (unpaired) electrons. The van der Waals surface area contributed by atoms with Gasteiger partial charge >= 0.3 is 51.4 Å². The van der Waals surface area contributed by atoms with Crippen LogP contribution >= 0.6 is 0 Å². The number of aldehydes is 1. The molecule has 0 fully saturated rings. The van der Waals surface area contributed by atoms with Gasteiger partial charge in [-0.2, -0.15) is 11.6 Å². The van der Waals surface area contributed by atoms with Gasteiger partial charge in [0, 0.05) is 0 Å². The van der Waals surface area contributed by atoms with E-state index in [1.54, 1.807) is 0 Å². The van der Waals surface area contributed by atoms with Crippen LogP contribution in [-0.2, 0) is 10.2 Å². The Bertz CT molecular complexity index is 357. The van der Waals surface area contributed by atoms with Gasteiger partial charge < -0.3 is 4.79 Å². The molecule has 0 aromatic heterocycles. The van der Waals surface area contributed by atoms with E-state index in [1.165, 1.54) is 5.56 Å². The Morgan fingerprint density at radius 1 is 1.33 bits per heavy atom. The minimum absolute atomic E-state index is 0. The monoisotopic (exact) mass is 226 g/mol. The smallest absolute Gasteiger partial charge is 0.313 e. The van der Waals surface area contributed by atoms with Gasteiger partial charge in [0.05, 0.1) is 6.29 Å². The maximum Gasteiger partial charge on any atom is 1.00 e. The van der Waals surface area contributed by atoms with Crippen molar-refractivity contribution in [3.05, 3.63) is 41.3 Å². The molecule has 0 heterocycles. The molecule has 0 aliphatic heterocycles. The fourth-order valence-corrected chi connectivity index (χ4v) is 2.19. The van der Waals surface area contributed by atoms with E-state index < -0.39 is 0 Å². The van der Waals surface area contributed by atoms with Crippen LogP contribution in [0.1, 0.15) is 37.8 Å². The average Bonchev–Trinajstić information content (AvgIpc) is 2.18. The van der Waals surface area contributed by atoms with Crippen molar-refractivity contribution in [2.24, 2.45) is 0 Å². The van der Waals surface area contributed by atoms with Crippen molar-refractivity contribution >= 4 is 6.29 Å². The summed E-state index contributed by atoms with van der Waals surface area (Å²) in [7, 11) is 0. The van der Waals surface area contributed by atoms with Gasteiger partial charge in [0.1, 0.15) is 0 Å². The average molecular weight is 226 g/mol. The van der Waals surface area contributed by atoms with Gasteiger partial charge in [-0.3, -0.25) is 0 Å². The van der Waals surface area contributed by atoms with Crippen molar-refractivity contribution in [2.75, 3.05) is 0 Å². The molecule has 1 aromatic carbocycles. The van der Waals surface area contributed by atoms with E-state index in [1.807, 2.05) is 12.1 Å². The van der Waals surface area contributed by atoms with Crippen LogP contribution in [0.2, 0.25) is 0 Å². The molecule has 15 heavy (non-hydrogen) atoms. The molecule has 0 saturated heterocycles. The molecule has 0 N–H and O–H groups in total. The summed E-state index contributed by atoms with van der Waals surface area (Å²) in [6.07, 6.45) is 2.99. The standard InChI is InChI=1S/C13H15O.K/c1-13(2)8-7-10(9-14)11-5-3-4-6-12(11)13;/h3-6,9H,7-8H2,1-2H3;/q-1;+1. The first-order valence-corrected chi connectivity index (χ1v) is 5.06. The topological polar surface area (TPSA) is 17.1 Å². The van der Waals surface area contributed by atoms with Crippen LogP contribution in [0.4, 0.5) is 0 Å². The summed E-state index contributed by atoms with van der Waals surface area (Å²) in [5.41, 5.74) is 2.68. The van der Waals surface area contributed by atoms with Gasteiger partial charge in [0.25, 0.3) is 0 Å². The first-order valence-electron chi connectivity index (χ1n) is 5.06. The van der Waals surface area contributed by atoms with Crippen LogP contribution in [0, 0.1) is 5.92 Å². The van der Waals surface area contributed by atoms with Crippen LogP contribution in [0.25, 0.3) is 0 Å². The van der Waals surface area contributed by atoms with Crippen LogP contribution < -0.4 is 51.4 Å². The quantitative estimate of drug-likeness (QED) is 0.371. The molecular formula is C13H15KO. The predicted molar refractivity (Wildman–Crippen MR) is 57.1 cm³/mol. The Balaban J connectivity index is 0.00000112. The van der Waals surface area contributed by atoms with Gasteiger partial charge in [0.2, 0.25) is 0 Å². The van der Waals surface area contributed by atoms with E-state index in [9.17, 15) is 4.79 Å². The minimum Gasteiger partial charge on any atom is -0.313 e. The van der Waals surface area contributed by atoms with Crippen molar-refractivity contribution in [1.29, 1.82) is 0 Å². The third kappa shape index (κ3) is 2.56. The molecule has 1 nitrogen and oxygen atoms in total. The normalized spacial score (nSPS) is 17.6. The van der Waals surface area contributed by atoms with Crippen LogP contribution in [-0.4, -0.2) is 6.29 Å². The van der Waals surface area contributed by atoms with E-state index in [0.29, 0.717) is 0 Å². The number of hydrogen-bond acceptors (Lipinski definition) is 1. The van der Waals surface area contributed by atoms with Crippen molar-refractivity contribution in [1.82, 2.24) is 0 Å². The summed E-state index contributed by atoms with van der Waals surface area (Å²) in [5, 5.41) is 0. The van der Waals surface area contributed by atoms with Gasteiger partial charge in [-0.1, -0.05) is 38.2 Å². The molecule has 0 unspecified atom stereocenters. The number of carbonyl (C=O) groups is 1. The third-order valence-electron chi connectivity index (χ3n) is 3.16. The molecule has 0 atom stereocenters. The molecule has 74 valence electrons. The van der Waals surface area contributed by atoms with Crippen molar-refractivity contribution in [2.45, 2.75) is 32.1 Å². The second-order valence-electron chi connectivity index (χ2n) is 4.57. The molecule has 1 aliphatic carbocycles. The van der Waals surface area contributed by atoms with E-state index in [-0.39, 0.29) is 56.8 Å². The van der Waals surface area contributed by atoms with Gasteiger partial charge in [0.15, 0.2) is 0 Å². The Kier molecular flexibility index (Phi) is 4.62. The second-order valence-corrected chi connectivity index (χ2v) is 4.57. The molecule has 0 spiro atoms. The summed E-state index contributed by atoms with van der Waals surface area (Å²) in [4.78, 5) is 10.9. The Labute approximate surface area is 134 Å². The van der Waals surface area contributed by atoms with Gasteiger partial charge in [-0.25, -0.2) is 0 Å². The number of benzene rings is 1. The SMILES string of the molecule is CC1(C)CC[C-](C=O)c2ccccc21.[K+]. The maximum absolute atomic E-state index is 10.9. The third-order valence-corrected chi connectivity index (χ3v) is 3.16. The summed E-state index contributed by atoms with van der Waals surface area (Å²) in [6.45, 7) is 4.49. The summed E-state index contributed by atoms with van der Waals surface area (Å²) < 4.78 is 0. The van der Waals surface area contributed by atoms with E-state index in [4.69, 9.17) is 0 Å². The van der Waals surface area contributed by atoms with Gasteiger partial charge in [-0.15, -0.1) is 23.6 Å². The molecular weight excluding hydrogens is 211 g/mol. The van der Waals surface area contributed by atoms with Crippen LogP contribution in [0.5, 0.6) is 0 Å². The number of carbonyl (C=O) groups excluding carboxylic acids is 1. The molecule has 2 heteroatoms. The summed E-state index contributed by atoms with van der Waals surface area (Å²) in [6, 6.07) is 8.25. The first-order chi connectivity index (χ1) is 6.65. The zero-order valence-corrected chi connectivity index (χ0v) is 12.8. The number of hydrogen-bond donors (Lipinski definition) is 0. The maximum atomic E-state index is 10.9. The van der Waals surface area contributed by atoms with E-state index >= 15 is 0 Å². The van der Waals surface area contributed by atoms with Gasteiger partial charge in [-0.05, 0) is 0 Å². The Morgan fingerprint density at radius 2 is 2.00 bits per heavy atom. The zero-order chi connectivity index (χ0) is 10.2. The Hall–Kier alpha value is 0.396. The number of fused-ring (bicyclic) bond motifs is 1. The largest absolute Gasteiger partial charge is 1.00 e. The molecule has 0 saturated carbocycles. The molecule has 1 aromatic rings. The second kappa shape index (κ2) is 5.15. The van der Waals surface area contributed by atoms with E-state index in [2.05, 4.69) is 26.0 Å². The molecule has 0 bridgehead atoms. The van der Waals surface area contributed by atoms with Crippen molar-refractivity contribution in [3.63, 3.8) is 0 Å². The molecule has 2 rings (SSSR count). The molecule has 0 amide bonds. The van der Waals surface area contributed by atoms with Crippen molar-refractivity contribution < 1.29 is 56.2 Å². The zero-order valence-electron chi connectivity index (χ0n) is 9.71. The van der Waals surface area contributed by atoms with E-state index in [0.717, 1.165) is 30.6 Å². The molecule has 1 aliphatic rings. The Morgan fingerprint density at radius 3 is 2.67 bits per heavy atom. The fourth-order valence-electron chi connectivity index (χ4n) is 2.19. The fraction of sp³-hybridized carbons (Fsp3) is 0.385. The minimum atomic E-state index is 0. The number of rotatable bonds is 1. The predicted octanol–water partition coefficient (Wildman–Crippen LogP) is -0.117. The van der Waals surface area contributed by atoms with Crippen molar-refractivity contribution in [3.8, 4) is 0 Å². The summed E-state index contributed by atoms with van der Waals surface area (Å²) >= 11 is 0.